The lowest BCUT2D eigenvalue weighted by Gasteiger charge is -2.09. The minimum atomic E-state index is -0.608. The number of rotatable bonds is 5. The maximum atomic E-state index is 14.5. The van der Waals surface area contributed by atoms with E-state index in [1.54, 1.807) is 30.6 Å². The zero-order valence-corrected chi connectivity index (χ0v) is 16.6. The first-order valence-corrected chi connectivity index (χ1v) is 9.31. The van der Waals surface area contributed by atoms with Crippen molar-refractivity contribution in [2.75, 3.05) is 10.6 Å². The number of carbonyl (C=O) groups excluding carboxylic acids is 2. The lowest BCUT2D eigenvalue weighted by molar-refractivity contribution is 0.102. The van der Waals surface area contributed by atoms with Crippen molar-refractivity contribution in [1.29, 1.82) is 0 Å². The van der Waals surface area contributed by atoms with Crippen LogP contribution in [0.25, 0.3) is 17.0 Å². The number of halogens is 1. The van der Waals surface area contributed by atoms with Crippen molar-refractivity contribution < 1.29 is 18.7 Å². The van der Waals surface area contributed by atoms with Crippen molar-refractivity contribution >= 4 is 29.2 Å². The number of imidazole rings is 2. The predicted octanol–water partition coefficient (Wildman–Crippen LogP) is 3.47. The minimum absolute atomic E-state index is 0.180. The van der Waals surface area contributed by atoms with E-state index in [2.05, 4.69) is 30.6 Å². The molecule has 0 fully saturated rings. The first kappa shape index (κ1) is 20.0. The first-order valence-electron chi connectivity index (χ1n) is 9.31. The molecule has 1 aromatic carbocycles. The number of fused-ring (bicyclic) bond motifs is 1. The van der Waals surface area contributed by atoms with Gasteiger partial charge in [-0.15, -0.1) is 0 Å². The Morgan fingerprint density at radius 3 is 2.74 bits per heavy atom. The number of benzene rings is 1. The molecule has 0 aliphatic heterocycles. The summed E-state index contributed by atoms with van der Waals surface area (Å²) in [5.74, 6) is -0.636. The molecule has 4 aromatic rings. The molecule has 3 heterocycles. The standard InChI is InChI=1S/C20H18FN7O3/c1-11(2)31-20(30)26-13-6-23-19-27-17(9-28(19)8-13)14-5-12(3-4-15(14)21)25-18(29)16-7-22-10-24-16/h3-11H,1-2H3,(H,22,24)(H,25,29)(H,26,30). The lowest BCUT2D eigenvalue weighted by atomic mass is 10.1. The number of amides is 2. The molecule has 2 amide bonds. The highest BCUT2D eigenvalue weighted by atomic mass is 19.1. The summed E-state index contributed by atoms with van der Waals surface area (Å²) in [6.07, 6.45) is 6.55. The molecule has 0 unspecified atom stereocenters. The molecule has 0 aliphatic rings. The summed E-state index contributed by atoms with van der Waals surface area (Å²) in [5.41, 5.74) is 1.47. The van der Waals surface area contributed by atoms with Crippen LogP contribution in [-0.2, 0) is 4.74 Å². The summed E-state index contributed by atoms with van der Waals surface area (Å²) >= 11 is 0. The predicted molar refractivity (Wildman–Crippen MR) is 110 cm³/mol. The van der Waals surface area contributed by atoms with Gasteiger partial charge in [-0.2, -0.15) is 0 Å². The van der Waals surface area contributed by atoms with E-state index in [-0.39, 0.29) is 17.4 Å². The van der Waals surface area contributed by atoms with Gasteiger partial charge in [-0.3, -0.25) is 14.5 Å². The maximum Gasteiger partial charge on any atom is 0.411 e. The van der Waals surface area contributed by atoms with Crippen molar-refractivity contribution in [2.45, 2.75) is 20.0 Å². The van der Waals surface area contributed by atoms with Crippen molar-refractivity contribution in [3.63, 3.8) is 0 Å². The van der Waals surface area contributed by atoms with E-state index in [0.717, 1.165) is 0 Å². The molecule has 31 heavy (non-hydrogen) atoms. The number of carbonyl (C=O) groups is 2. The zero-order chi connectivity index (χ0) is 22.0. The SMILES string of the molecule is CC(C)OC(=O)Nc1cnc2nc(-c3cc(NC(=O)c4c[nH]cn4)ccc3F)cn2c1. The smallest absolute Gasteiger partial charge is 0.411 e. The van der Waals surface area contributed by atoms with Crippen molar-refractivity contribution in [3.05, 3.63) is 60.8 Å². The molecule has 0 saturated carbocycles. The molecule has 3 aromatic heterocycles. The Kier molecular flexibility index (Phi) is 5.31. The number of hydrogen-bond donors (Lipinski definition) is 3. The number of nitrogens with zero attached hydrogens (tertiary/aromatic N) is 4. The Hall–Kier alpha value is -4.28. The summed E-state index contributed by atoms with van der Waals surface area (Å²) in [6, 6.07) is 4.16. The molecule has 0 spiro atoms. The molecule has 4 rings (SSSR count). The van der Waals surface area contributed by atoms with Gasteiger partial charge in [-0.05, 0) is 32.0 Å². The first-order chi connectivity index (χ1) is 14.9. The molecule has 11 heteroatoms. The monoisotopic (exact) mass is 423 g/mol. The summed E-state index contributed by atoms with van der Waals surface area (Å²) in [4.78, 5) is 39.0. The number of hydrogen-bond acceptors (Lipinski definition) is 6. The lowest BCUT2D eigenvalue weighted by Crippen LogP contribution is -2.18. The Morgan fingerprint density at radius 1 is 1.16 bits per heavy atom. The number of ether oxygens (including phenoxy) is 1. The highest BCUT2D eigenvalue weighted by Crippen LogP contribution is 2.26. The maximum absolute atomic E-state index is 14.5. The Morgan fingerprint density at radius 2 is 2.00 bits per heavy atom. The third-order valence-corrected chi connectivity index (χ3v) is 4.13. The normalized spacial score (nSPS) is 11.0. The Bertz CT molecular complexity index is 1250. The van der Waals surface area contributed by atoms with E-state index in [9.17, 15) is 14.0 Å². The molecule has 10 nitrogen and oxygen atoms in total. The van der Waals surface area contributed by atoms with E-state index in [4.69, 9.17) is 4.74 Å². The number of aromatic amines is 1. The van der Waals surface area contributed by atoms with E-state index in [1.165, 1.54) is 36.9 Å². The van der Waals surface area contributed by atoms with Crippen molar-refractivity contribution in [2.24, 2.45) is 0 Å². The summed E-state index contributed by atoms with van der Waals surface area (Å²) < 4.78 is 21.1. The van der Waals surface area contributed by atoms with Crippen LogP contribution in [0.3, 0.4) is 0 Å². The Balaban J connectivity index is 1.59. The number of aromatic nitrogens is 5. The van der Waals surface area contributed by atoms with Crippen LogP contribution in [0.2, 0.25) is 0 Å². The zero-order valence-electron chi connectivity index (χ0n) is 16.6. The van der Waals surface area contributed by atoms with E-state index in [0.29, 0.717) is 22.8 Å². The number of H-pyrrole nitrogens is 1. The van der Waals surface area contributed by atoms with Gasteiger partial charge in [0.1, 0.15) is 11.5 Å². The van der Waals surface area contributed by atoms with Crippen LogP contribution in [0, 0.1) is 5.82 Å². The molecule has 0 radical (unpaired) electrons. The van der Waals surface area contributed by atoms with Crippen molar-refractivity contribution in [3.8, 4) is 11.3 Å². The van der Waals surface area contributed by atoms with Crippen LogP contribution in [0.4, 0.5) is 20.6 Å². The summed E-state index contributed by atoms with van der Waals surface area (Å²) in [7, 11) is 0. The fraction of sp³-hybridized carbons (Fsp3) is 0.150. The summed E-state index contributed by atoms with van der Waals surface area (Å²) in [6.45, 7) is 3.48. The number of anilines is 2. The Labute approximate surface area is 175 Å². The fourth-order valence-electron chi connectivity index (χ4n) is 2.82. The van der Waals surface area contributed by atoms with Crippen LogP contribution < -0.4 is 10.6 Å². The molecule has 3 N–H and O–H groups in total. The van der Waals surface area contributed by atoms with Gasteiger partial charge in [0.15, 0.2) is 0 Å². The second kappa shape index (κ2) is 8.22. The van der Waals surface area contributed by atoms with Crippen LogP contribution in [-0.4, -0.2) is 42.4 Å². The van der Waals surface area contributed by atoms with E-state index >= 15 is 0 Å². The topological polar surface area (TPSA) is 126 Å². The average molecular weight is 423 g/mol. The summed E-state index contributed by atoms with van der Waals surface area (Å²) in [5, 5.41) is 5.23. The van der Waals surface area contributed by atoms with Gasteiger partial charge in [0, 0.05) is 29.8 Å². The van der Waals surface area contributed by atoms with Crippen LogP contribution >= 0.6 is 0 Å². The molecular weight excluding hydrogens is 405 g/mol. The van der Waals surface area contributed by atoms with Gasteiger partial charge < -0.3 is 15.0 Å². The van der Waals surface area contributed by atoms with Crippen LogP contribution in [0.1, 0.15) is 24.3 Å². The second-order valence-corrected chi connectivity index (χ2v) is 6.86. The second-order valence-electron chi connectivity index (χ2n) is 6.86. The van der Waals surface area contributed by atoms with Crippen LogP contribution in [0.5, 0.6) is 0 Å². The minimum Gasteiger partial charge on any atom is -0.447 e. The molecule has 158 valence electrons. The molecular formula is C20H18FN7O3. The van der Waals surface area contributed by atoms with E-state index < -0.39 is 17.8 Å². The number of nitrogens with one attached hydrogen (secondary N) is 3. The molecule has 0 saturated heterocycles. The average Bonchev–Trinajstić information content (AvgIpc) is 3.38. The third kappa shape index (κ3) is 4.50. The van der Waals surface area contributed by atoms with Gasteiger partial charge in [0.25, 0.3) is 5.91 Å². The fourth-order valence-corrected chi connectivity index (χ4v) is 2.82. The van der Waals surface area contributed by atoms with Crippen LogP contribution in [0.15, 0.2) is 49.3 Å². The molecule has 0 bridgehead atoms. The highest BCUT2D eigenvalue weighted by Gasteiger charge is 2.14. The van der Waals surface area contributed by atoms with E-state index in [1.807, 2.05) is 0 Å². The third-order valence-electron chi connectivity index (χ3n) is 4.13. The van der Waals surface area contributed by atoms with Gasteiger partial charge >= 0.3 is 6.09 Å². The van der Waals surface area contributed by atoms with Gasteiger partial charge in [-0.25, -0.2) is 24.1 Å². The molecule has 0 aliphatic carbocycles. The quantitative estimate of drug-likeness (QED) is 0.451. The highest BCUT2D eigenvalue weighted by molar-refractivity contribution is 6.03. The van der Waals surface area contributed by atoms with Gasteiger partial charge in [0.05, 0.1) is 30.0 Å². The van der Waals surface area contributed by atoms with Gasteiger partial charge in [0.2, 0.25) is 5.78 Å². The van der Waals surface area contributed by atoms with Gasteiger partial charge in [-0.1, -0.05) is 0 Å². The van der Waals surface area contributed by atoms with Crippen molar-refractivity contribution in [1.82, 2.24) is 24.3 Å². The molecule has 0 atom stereocenters. The largest absolute Gasteiger partial charge is 0.447 e.